The molecule has 1 N–H and O–H groups in total. The van der Waals surface area contributed by atoms with E-state index < -0.39 is 0 Å². The minimum Gasteiger partial charge on any atom is -0.466 e. The van der Waals surface area contributed by atoms with Crippen LogP contribution in [0.3, 0.4) is 0 Å². The van der Waals surface area contributed by atoms with Crippen LogP contribution in [0.4, 0.5) is 0 Å². The highest BCUT2D eigenvalue weighted by atomic mass is 16.3. The second kappa shape index (κ2) is 5.35. The Morgan fingerprint density at radius 1 is 1.31 bits per heavy atom. The summed E-state index contributed by atoms with van der Waals surface area (Å²) < 4.78 is 5.68. The van der Waals surface area contributed by atoms with Crippen molar-refractivity contribution in [1.82, 2.24) is 5.32 Å². The molecule has 0 saturated carbocycles. The molecular formula is C14H23NO. The van der Waals surface area contributed by atoms with Gasteiger partial charge in [0.15, 0.2) is 0 Å². The third kappa shape index (κ3) is 2.56. The Labute approximate surface area is 98.7 Å². The maximum atomic E-state index is 5.68. The molecule has 0 aliphatic heterocycles. The van der Waals surface area contributed by atoms with Crippen LogP contribution in [0.1, 0.15) is 49.0 Å². The van der Waals surface area contributed by atoms with E-state index >= 15 is 0 Å². The SMILES string of the molecule is C=C(C)C(NCCC)c1c(C)oc(C)c1C. The Hall–Kier alpha value is -1.02. The predicted octanol–water partition coefficient (Wildman–Crippen LogP) is 3.82. The largest absolute Gasteiger partial charge is 0.466 e. The number of furan rings is 1. The summed E-state index contributed by atoms with van der Waals surface area (Å²) in [6.45, 7) is 15.5. The smallest absolute Gasteiger partial charge is 0.106 e. The third-order valence-corrected chi connectivity index (χ3v) is 3.00. The van der Waals surface area contributed by atoms with Crippen LogP contribution >= 0.6 is 0 Å². The van der Waals surface area contributed by atoms with Crippen molar-refractivity contribution in [2.24, 2.45) is 0 Å². The Balaban J connectivity index is 3.05. The highest BCUT2D eigenvalue weighted by molar-refractivity contribution is 5.38. The minimum absolute atomic E-state index is 0.220. The molecule has 0 aromatic carbocycles. The van der Waals surface area contributed by atoms with Crippen molar-refractivity contribution >= 4 is 0 Å². The zero-order valence-corrected chi connectivity index (χ0v) is 11.1. The lowest BCUT2D eigenvalue weighted by molar-refractivity contribution is 0.492. The first-order valence-electron chi connectivity index (χ1n) is 5.94. The number of hydrogen-bond acceptors (Lipinski definition) is 2. The summed E-state index contributed by atoms with van der Waals surface area (Å²) in [6, 6.07) is 0.220. The van der Waals surface area contributed by atoms with Crippen LogP contribution in [0.5, 0.6) is 0 Å². The molecule has 0 radical (unpaired) electrons. The molecule has 0 bridgehead atoms. The fraction of sp³-hybridized carbons (Fsp3) is 0.571. The molecule has 0 saturated heterocycles. The second-order valence-corrected chi connectivity index (χ2v) is 4.49. The summed E-state index contributed by atoms with van der Waals surface area (Å²) in [7, 11) is 0. The lowest BCUT2D eigenvalue weighted by Crippen LogP contribution is -2.23. The van der Waals surface area contributed by atoms with Crippen molar-refractivity contribution in [1.29, 1.82) is 0 Å². The van der Waals surface area contributed by atoms with E-state index in [4.69, 9.17) is 4.42 Å². The molecule has 2 heteroatoms. The van der Waals surface area contributed by atoms with Crippen LogP contribution in [-0.2, 0) is 0 Å². The van der Waals surface area contributed by atoms with Gasteiger partial charge in [0.1, 0.15) is 11.5 Å². The van der Waals surface area contributed by atoms with E-state index in [1.54, 1.807) is 0 Å². The number of nitrogens with one attached hydrogen (secondary N) is 1. The third-order valence-electron chi connectivity index (χ3n) is 3.00. The summed E-state index contributed by atoms with van der Waals surface area (Å²) >= 11 is 0. The average Bonchev–Trinajstić information content (AvgIpc) is 2.44. The summed E-state index contributed by atoms with van der Waals surface area (Å²) in [5.74, 6) is 2.02. The highest BCUT2D eigenvalue weighted by Gasteiger charge is 2.20. The Morgan fingerprint density at radius 2 is 1.94 bits per heavy atom. The number of hydrogen-bond donors (Lipinski definition) is 1. The first kappa shape index (κ1) is 13.0. The molecule has 90 valence electrons. The summed E-state index contributed by atoms with van der Waals surface area (Å²) in [5, 5.41) is 3.52. The van der Waals surface area contributed by atoms with Crippen LogP contribution in [0.15, 0.2) is 16.6 Å². The predicted molar refractivity (Wildman–Crippen MR) is 68.8 cm³/mol. The summed E-state index contributed by atoms with van der Waals surface area (Å²) in [5.41, 5.74) is 3.65. The van der Waals surface area contributed by atoms with Gasteiger partial charge in [-0.05, 0) is 46.2 Å². The quantitative estimate of drug-likeness (QED) is 0.765. The first-order valence-corrected chi connectivity index (χ1v) is 5.94. The molecular weight excluding hydrogens is 198 g/mol. The minimum atomic E-state index is 0.220. The highest BCUT2D eigenvalue weighted by Crippen LogP contribution is 2.30. The average molecular weight is 221 g/mol. The van der Waals surface area contributed by atoms with Gasteiger partial charge in [-0.15, -0.1) is 0 Å². The Bertz CT molecular complexity index is 376. The van der Waals surface area contributed by atoms with Gasteiger partial charge in [0.05, 0.1) is 6.04 Å². The van der Waals surface area contributed by atoms with Crippen molar-refractivity contribution in [3.63, 3.8) is 0 Å². The van der Waals surface area contributed by atoms with Crippen LogP contribution in [-0.4, -0.2) is 6.54 Å². The van der Waals surface area contributed by atoms with Crippen molar-refractivity contribution in [2.75, 3.05) is 6.54 Å². The molecule has 1 aromatic heterocycles. The van der Waals surface area contributed by atoms with Crippen molar-refractivity contribution in [2.45, 2.75) is 47.1 Å². The van der Waals surface area contributed by atoms with E-state index in [2.05, 4.69) is 32.7 Å². The first-order chi connectivity index (χ1) is 7.49. The van der Waals surface area contributed by atoms with Gasteiger partial charge < -0.3 is 9.73 Å². The summed E-state index contributed by atoms with van der Waals surface area (Å²) in [6.07, 6.45) is 1.12. The van der Waals surface area contributed by atoms with Crippen molar-refractivity contribution in [3.8, 4) is 0 Å². The molecule has 1 aromatic rings. The fourth-order valence-electron chi connectivity index (χ4n) is 2.05. The Kier molecular flexibility index (Phi) is 4.36. The van der Waals surface area contributed by atoms with Gasteiger partial charge in [-0.25, -0.2) is 0 Å². The Morgan fingerprint density at radius 3 is 2.31 bits per heavy atom. The van der Waals surface area contributed by atoms with Gasteiger partial charge in [0.2, 0.25) is 0 Å². The summed E-state index contributed by atoms with van der Waals surface area (Å²) in [4.78, 5) is 0. The van der Waals surface area contributed by atoms with E-state index in [1.807, 2.05) is 13.8 Å². The molecule has 0 aliphatic rings. The van der Waals surface area contributed by atoms with Crippen LogP contribution in [0.25, 0.3) is 0 Å². The maximum absolute atomic E-state index is 5.68. The van der Waals surface area contributed by atoms with Crippen LogP contribution in [0.2, 0.25) is 0 Å². The zero-order valence-electron chi connectivity index (χ0n) is 11.1. The molecule has 16 heavy (non-hydrogen) atoms. The lowest BCUT2D eigenvalue weighted by Gasteiger charge is -2.19. The molecule has 0 amide bonds. The fourth-order valence-corrected chi connectivity index (χ4v) is 2.05. The normalized spacial score (nSPS) is 12.8. The van der Waals surface area contributed by atoms with Gasteiger partial charge in [0.25, 0.3) is 0 Å². The van der Waals surface area contributed by atoms with Crippen LogP contribution in [0, 0.1) is 20.8 Å². The number of rotatable bonds is 5. The monoisotopic (exact) mass is 221 g/mol. The molecule has 0 fully saturated rings. The van der Waals surface area contributed by atoms with Crippen LogP contribution < -0.4 is 5.32 Å². The van der Waals surface area contributed by atoms with Gasteiger partial charge in [-0.1, -0.05) is 19.1 Å². The molecule has 1 atom stereocenters. The molecule has 0 aliphatic carbocycles. The lowest BCUT2D eigenvalue weighted by atomic mass is 9.97. The van der Waals surface area contributed by atoms with Gasteiger partial charge in [-0.3, -0.25) is 0 Å². The van der Waals surface area contributed by atoms with E-state index in [-0.39, 0.29) is 6.04 Å². The number of aryl methyl sites for hydroxylation is 2. The van der Waals surface area contributed by atoms with Gasteiger partial charge in [-0.2, -0.15) is 0 Å². The maximum Gasteiger partial charge on any atom is 0.106 e. The zero-order chi connectivity index (χ0) is 12.3. The van der Waals surface area contributed by atoms with Gasteiger partial charge >= 0.3 is 0 Å². The van der Waals surface area contributed by atoms with E-state index in [9.17, 15) is 0 Å². The van der Waals surface area contributed by atoms with Crippen molar-refractivity contribution < 1.29 is 4.42 Å². The molecule has 1 heterocycles. The molecule has 2 nitrogen and oxygen atoms in total. The molecule has 1 unspecified atom stereocenters. The van der Waals surface area contributed by atoms with Crippen molar-refractivity contribution in [3.05, 3.63) is 34.8 Å². The molecule has 0 spiro atoms. The van der Waals surface area contributed by atoms with Gasteiger partial charge in [0, 0.05) is 5.56 Å². The van der Waals surface area contributed by atoms with E-state index in [0.29, 0.717) is 0 Å². The molecule has 1 rings (SSSR count). The van der Waals surface area contributed by atoms with E-state index in [1.165, 1.54) is 11.1 Å². The van der Waals surface area contributed by atoms with E-state index in [0.717, 1.165) is 30.1 Å². The second-order valence-electron chi connectivity index (χ2n) is 4.49. The standard InChI is InChI=1S/C14H23NO/c1-7-8-15-14(9(2)3)13-10(4)11(5)16-12(13)6/h14-15H,2,7-8H2,1,3-6H3. The topological polar surface area (TPSA) is 25.2 Å².